The Morgan fingerprint density at radius 2 is 2.31 bits per heavy atom. The van der Waals surface area contributed by atoms with Crippen molar-refractivity contribution in [1.82, 2.24) is 9.55 Å². The van der Waals surface area contributed by atoms with Crippen molar-refractivity contribution in [2.75, 3.05) is 20.3 Å². The molecule has 2 aromatic rings. The predicted molar refractivity (Wildman–Crippen MR) is 90.7 cm³/mol. The molecule has 2 unspecified atom stereocenters. The molecule has 0 radical (unpaired) electrons. The molecule has 9 nitrogen and oxygen atoms in total. The van der Waals surface area contributed by atoms with Gasteiger partial charge < -0.3 is 18.8 Å². The highest BCUT2D eigenvalue weighted by Crippen LogP contribution is 2.41. The predicted octanol–water partition coefficient (Wildman–Crippen LogP) is 2.68. The molecule has 1 fully saturated rings. The Morgan fingerprint density at radius 3 is 3.00 bits per heavy atom. The van der Waals surface area contributed by atoms with E-state index in [0.717, 1.165) is 0 Å². The maximum Gasteiger partial charge on any atom is 0.302 e. The third-order valence-corrected chi connectivity index (χ3v) is 4.31. The number of ether oxygens (including phenoxy) is 3. The summed E-state index contributed by atoms with van der Waals surface area (Å²) in [6.07, 6.45) is 2.55. The van der Waals surface area contributed by atoms with Crippen LogP contribution in [-0.2, 0) is 26.5 Å². The highest BCUT2D eigenvalue weighted by Gasteiger charge is 2.45. The van der Waals surface area contributed by atoms with Gasteiger partial charge in [0.25, 0.3) is 6.01 Å². The van der Waals surface area contributed by atoms with Gasteiger partial charge in [-0.1, -0.05) is 29.3 Å². The van der Waals surface area contributed by atoms with E-state index in [1.54, 1.807) is 25.3 Å². The van der Waals surface area contributed by atoms with Gasteiger partial charge in [0.15, 0.2) is 0 Å². The van der Waals surface area contributed by atoms with Gasteiger partial charge >= 0.3 is 5.09 Å². The van der Waals surface area contributed by atoms with E-state index in [4.69, 9.17) is 37.4 Å². The average Bonchev–Trinajstić information content (AvgIpc) is 3.16. The smallest absolute Gasteiger partial charge is 0.302 e. The van der Waals surface area contributed by atoms with E-state index in [1.165, 1.54) is 17.0 Å². The number of benzene rings is 1. The Morgan fingerprint density at radius 1 is 1.50 bits per heavy atom. The van der Waals surface area contributed by atoms with Crippen LogP contribution in [0.3, 0.4) is 0 Å². The molecule has 1 aromatic heterocycles. The van der Waals surface area contributed by atoms with E-state index < -0.39 is 10.9 Å². The zero-order chi connectivity index (χ0) is 18.7. The second-order valence-corrected chi connectivity index (χ2v) is 6.38. The van der Waals surface area contributed by atoms with Crippen molar-refractivity contribution in [3.8, 4) is 6.01 Å². The summed E-state index contributed by atoms with van der Waals surface area (Å²) in [6, 6.07) is 4.70. The van der Waals surface area contributed by atoms with Crippen molar-refractivity contribution >= 4 is 23.2 Å². The summed E-state index contributed by atoms with van der Waals surface area (Å²) < 4.78 is 18.6. The van der Waals surface area contributed by atoms with Crippen molar-refractivity contribution in [2.24, 2.45) is 0 Å². The monoisotopic (exact) mass is 403 g/mol. The van der Waals surface area contributed by atoms with Crippen molar-refractivity contribution in [1.29, 1.82) is 0 Å². The van der Waals surface area contributed by atoms with Crippen molar-refractivity contribution in [2.45, 2.75) is 18.4 Å². The maximum absolute atomic E-state index is 10.6. The van der Waals surface area contributed by atoms with Gasteiger partial charge in [-0.25, -0.2) is 9.82 Å². The van der Waals surface area contributed by atoms with Crippen LogP contribution in [0.2, 0.25) is 10.0 Å². The van der Waals surface area contributed by atoms with E-state index >= 15 is 0 Å². The summed E-state index contributed by atoms with van der Waals surface area (Å²) in [6.45, 7) is 0.597. The van der Waals surface area contributed by atoms with Crippen LogP contribution < -0.4 is 4.84 Å². The lowest BCUT2D eigenvalue weighted by Crippen LogP contribution is -2.34. The zero-order valence-electron chi connectivity index (χ0n) is 13.6. The Labute approximate surface area is 158 Å². The first-order valence-corrected chi connectivity index (χ1v) is 8.29. The summed E-state index contributed by atoms with van der Waals surface area (Å²) in [5, 5.41) is 10.5. The van der Waals surface area contributed by atoms with Crippen molar-refractivity contribution < 1.29 is 24.1 Å². The molecule has 0 amide bonds. The van der Waals surface area contributed by atoms with E-state index in [2.05, 4.69) is 9.82 Å². The summed E-state index contributed by atoms with van der Waals surface area (Å²) >= 11 is 12.3. The van der Waals surface area contributed by atoms with E-state index in [9.17, 15) is 10.1 Å². The average molecular weight is 404 g/mol. The quantitative estimate of drug-likeness (QED) is 0.517. The van der Waals surface area contributed by atoms with Crippen molar-refractivity contribution in [3.63, 3.8) is 0 Å². The van der Waals surface area contributed by atoms with Crippen LogP contribution in [0.1, 0.15) is 5.56 Å². The number of nitrogens with zero attached hydrogens (tertiary/aromatic N) is 3. The molecule has 26 heavy (non-hydrogen) atoms. The fourth-order valence-corrected chi connectivity index (χ4v) is 3.30. The minimum absolute atomic E-state index is 0.0255. The summed E-state index contributed by atoms with van der Waals surface area (Å²) in [5.74, 6) is -1.31. The lowest BCUT2D eigenvalue weighted by atomic mass is 10.1. The van der Waals surface area contributed by atoms with Crippen LogP contribution in [-0.4, -0.2) is 41.1 Å². The first-order valence-electron chi connectivity index (χ1n) is 7.53. The lowest BCUT2D eigenvalue weighted by Gasteiger charge is -2.30. The molecule has 11 heteroatoms. The first-order chi connectivity index (χ1) is 12.4. The van der Waals surface area contributed by atoms with Crippen LogP contribution in [0.25, 0.3) is 0 Å². The fraction of sp³-hybridized carbons (Fsp3) is 0.400. The molecular weight excluding hydrogens is 389 g/mol. The number of rotatable bonds is 7. The van der Waals surface area contributed by atoms with Gasteiger partial charge in [0.1, 0.15) is 6.10 Å². The number of hydrogen-bond donors (Lipinski definition) is 0. The molecule has 0 aliphatic carbocycles. The van der Waals surface area contributed by atoms with Crippen LogP contribution in [0.4, 0.5) is 0 Å². The summed E-state index contributed by atoms with van der Waals surface area (Å²) in [4.78, 5) is 19.0. The fourth-order valence-electron chi connectivity index (χ4n) is 2.74. The molecule has 0 N–H and O–H groups in total. The molecule has 2 atom stereocenters. The topological polar surface area (TPSA) is 97.9 Å². The second-order valence-electron chi connectivity index (χ2n) is 5.54. The van der Waals surface area contributed by atoms with E-state index in [-0.39, 0.29) is 25.3 Å². The number of aromatic nitrogens is 2. The van der Waals surface area contributed by atoms with Gasteiger partial charge in [0.2, 0.25) is 5.79 Å². The van der Waals surface area contributed by atoms with Gasteiger partial charge in [-0.15, -0.1) is 10.1 Å². The molecule has 0 saturated carbocycles. The van der Waals surface area contributed by atoms with Crippen molar-refractivity contribution in [3.05, 3.63) is 56.3 Å². The normalized spacial score (nSPS) is 22.5. The molecule has 0 spiro atoms. The molecule has 0 bridgehead atoms. The second kappa shape index (κ2) is 7.77. The van der Waals surface area contributed by atoms with Crippen LogP contribution in [0, 0.1) is 10.1 Å². The van der Waals surface area contributed by atoms with E-state index in [1.807, 2.05) is 0 Å². The van der Waals surface area contributed by atoms with E-state index in [0.29, 0.717) is 22.2 Å². The minimum atomic E-state index is -1.31. The maximum atomic E-state index is 10.6. The summed E-state index contributed by atoms with van der Waals surface area (Å²) in [7, 11) is 1.55. The van der Waals surface area contributed by atoms with Gasteiger partial charge in [0, 0.05) is 30.1 Å². The first kappa shape index (κ1) is 18.9. The number of halogens is 2. The molecule has 140 valence electrons. The Kier molecular flexibility index (Phi) is 5.64. The largest absolute Gasteiger partial charge is 0.382 e. The Bertz CT molecular complexity index is 801. The molecule has 1 aliphatic rings. The van der Waals surface area contributed by atoms with Crippen LogP contribution in [0.5, 0.6) is 6.01 Å². The van der Waals surface area contributed by atoms with Gasteiger partial charge in [-0.3, -0.25) is 0 Å². The van der Waals surface area contributed by atoms with Gasteiger partial charge in [-0.05, 0) is 12.1 Å². The number of methoxy groups -OCH3 is 1. The summed E-state index contributed by atoms with van der Waals surface area (Å²) in [5.41, 5.74) is 0.530. The molecule has 1 aromatic carbocycles. The molecule has 1 aliphatic heterocycles. The molecular formula is C15H15Cl2N3O6. The Balaban J connectivity index is 1.97. The van der Waals surface area contributed by atoms with Gasteiger partial charge in [-0.2, -0.15) is 0 Å². The molecule has 3 rings (SSSR count). The molecule has 2 heterocycles. The number of hydrogen-bond acceptors (Lipinski definition) is 7. The third-order valence-electron chi connectivity index (χ3n) is 3.77. The van der Waals surface area contributed by atoms with Crippen LogP contribution in [0.15, 0.2) is 30.6 Å². The zero-order valence-corrected chi connectivity index (χ0v) is 15.1. The third kappa shape index (κ3) is 3.92. The number of imidazole rings is 1. The standard InChI is InChI=1S/C15H15Cl2N3O6/c1-23-7-11-8-24-15(25-11,12-3-2-10(16)6-13(12)17)9-19-5-4-18-14(19)26-20(21)22/h2-6,11H,7-9H2,1H3. The molecule has 1 saturated heterocycles. The lowest BCUT2D eigenvalue weighted by molar-refractivity contribution is -0.713. The highest BCUT2D eigenvalue weighted by atomic mass is 35.5. The Hall–Kier alpha value is -1.91. The highest BCUT2D eigenvalue weighted by molar-refractivity contribution is 6.35. The van der Waals surface area contributed by atoms with Crippen LogP contribution >= 0.6 is 23.2 Å². The minimum Gasteiger partial charge on any atom is -0.382 e. The van der Waals surface area contributed by atoms with Gasteiger partial charge in [0.05, 0.1) is 24.8 Å². The SMILES string of the molecule is COCC1COC(Cn2ccnc2O[N+](=O)[O-])(c2ccc(Cl)cc2Cl)O1.